The maximum Gasteiger partial charge on any atom is 0.416 e. The number of amides is 1. The van der Waals surface area contributed by atoms with E-state index in [1.165, 1.54) is 12.1 Å². The Morgan fingerprint density at radius 2 is 1.96 bits per heavy atom. The molecular formula is C18H24F3N3O3. The third-order valence-electron chi connectivity index (χ3n) is 5.00. The minimum absolute atomic E-state index is 0.211. The number of hydrogen-bond acceptors (Lipinski definition) is 5. The third-order valence-corrected chi connectivity index (χ3v) is 5.00. The average molecular weight is 387 g/mol. The molecule has 3 rings (SSSR count). The molecular weight excluding hydrogens is 363 g/mol. The summed E-state index contributed by atoms with van der Waals surface area (Å²) in [5.41, 5.74) is 0.0183. The lowest BCUT2D eigenvalue weighted by Crippen LogP contribution is -2.47. The Bertz CT molecular complexity index is 633. The van der Waals surface area contributed by atoms with Gasteiger partial charge in [-0.25, -0.2) is 0 Å². The Morgan fingerprint density at radius 3 is 2.52 bits per heavy atom. The third kappa shape index (κ3) is 5.19. The maximum absolute atomic E-state index is 12.8. The normalized spacial score (nSPS) is 25.3. The van der Waals surface area contributed by atoms with Gasteiger partial charge < -0.3 is 20.5 Å². The van der Waals surface area contributed by atoms with Gasteiger partial charge >= 0.3 is 6.18 Å². The smallest absolute Gasteiger partial charge is 0.392 e. The molecule has 3 N–H and O–H groups in total. The van der Waals surface area contributed by atoms with Gasteiger partial charge in [0.05, 0.1) is 37.0 Å². The second kappa shape index (κ2) is 8.55. The molecule has 2 fully saturated rings. The summed E-state index contributed by atoms with van der Waals surface area (Å²) in [7, 11) is 0. The molecule has 6 nitrogen and oxygen atoms in total. The summed E-state index contributed by atoms with van der Waals surface area (Å²) in [5, 5.41) is 15.4. The van der Waals surface area contributed by atoms with Gasteiger partial charge in [0.15, 0.2) is 0 Å². The van der Waals surface area contributed by atoms with Gasteiger partial charge in [-0.2, -0.15) is 13.2 Å². The van der Waals surface area contributed by atoms with Crippen molar-refractivity contribution in [3.8, 4) is 0 Å². The van der Waals surface area contributed by atoms with Crippen LogP contribution in [0.3, 0.4) is 0 Å². The lowest BCUT2D eigenvalue weighted by Gasteiger charge is -2.35. The fourth-order valence-electron chi connectivity index (χ4n) is 3.48. The predicted molar refractivity (Wildman–Crippen MR) is 92.0 cm³/mol. The van der Waals surface area contributed by atoms with Crippen molar-refractivity contribution < 1.29 is 27.8 Å². The SMILES string of the molecule is O=C(NC[C@H](c1ccc(C(F)(F)F)cc1)N1CCOCC1)[C@@H]1C[C@H](O)CN1. The van der Waals surface area contributed by atoms with Crippen molar-refractivity contribution in [2.45, 2.75) is 30.8 Å². The summed E-state index contributed by atoms with van der Waals surface area (Å²) in [6.45, 7) is 3.02. The van der Waals surface area contributed by atoms with E-state index in [1.54, 1.807) is 0 Å². The molecule has 1 amide bonds. The minimum Gasteiger partial charge on any atom is -0.392 e. The number of halogens is 3. The van der Waals surface area contributed by atoms with Crippen LogP contribution in [0.4, 0.5) is 13.2 Å². The van der Waals surface area contributed by atoms with Crippen molar-refractivity contribution in [3.63, 3.8) is 0 Å². The largest absolute Gasteiger partial charge is 0.416 e. The van der Waals surface area contributed by atoms with E-state index in [-0.39, 0.29) is 18.5 Å². The first-order chi connectivity index (χ1) is 12.8. The number of hydrogen-bond donors (Lipinski definition) is 3. The van der Waals surface area contributed by atoms with E-state index in [9.17, 15) is 23.1 Å². The first kappa shape index (κ1) is 20.1. The second-order valence-electron chi connectivity index (χ2n) is 6.88. The molecule has 2 aliphatic rings. The van der Waals surface area contributed by atoms with E-state index in [1.807, 2.05) is 0 Å². The van der Waals surface area contributed by atoms with Crippen LogP contribution in [0.25, 0.3) is 0 Å². The number of carbonyl (C=O) groups is 1. The van der Waals surface area contributed by atoms with Crippen LogP contribution >= 0.6 is 0 Å². The fraction of sp³-hybridized carbons (Fsp3) is 0.611. The molecule has 2 aliphatic heterocycles. The molecule has 1 aromatic carbocycles. The Labute approximate surface area is 155 Å². The molecule has 0 aromatic heterocycles. The molecule has 27 heavy (non-hydrogen) atoms. The molecule has 0 bridgehead atoms. The summed E-state index contributed by atoms with van der Waals surface area (Å²) in [6, 6.07) is 4.38. The van der Waals surface area contributed by atoms with E-state index >= 15 is 0 Å². The van der Waals surface area contributed by atoms with Gasteiger partial charge in [0.2, 0.25) is 5.91 Å². The highest BCUT2D eigenvalue weighted by atomic mass is 19.4. The molecule has 0 aliphatic carbocycles. The van der Waals surface area contributed by atoms with Crippen molar-refractivity contribution in [3.05, 3.63) is 35.4 Å². The number of aliphatic hydroxyl groups excluding tert-OH is 1. The van der Waals surface area contributed by atoms with Crippen LogP contribution in [0.5, 0.6) is 0 Å². The number of carbonyl (C=O) groups excluding carboxylic acids is 1. The zero-order valence-electron chi connectivity index (χ0n) is 14.8. The van der Waals surface area contributed by atoms with Crippen LogP contribution in [0, 0.1) is 0 Å². The van der Waals surface area contributed by atoms with Crippen molar-refractivity contribution in [2.75, 3.05) is 39.4 Å². The van der Waals surface area contributed by atoms with Crippen LogP contribution < -0.4 is 10.6 Å². The Kier molecular flexibility index (Phi) is 6.36. The summed E-state index contributed by atoms with van der Waals surface area (Å²) in [4.78, 5) is 14.4. The number of rotatable bonds is 5. The van der Waals surface area contributed by atoms with E-state index < -0.39 is 23.9 Å². The predicted octanol–water partition coefficient (Wildman–Crippen LogP) is 0.918. The molecule has 150 valence electrons. The molecule has 0 radical (unpaired) electrons. The van der Waals surface area contributed by atoms with E-state index in [4.69, 9.17) is 4.74 Å². The van der Waals surface area contributed by atoms with Gasteiger partial charge in [0, 0.05) is 26.2 Å². The summed E-state index contributed by atoms with van der Waals surface area (Å²) in [5.74, 6) is -0.211. The average Bonchev–Trinajstić information content (AvgIpc) is 3.09. The standard InChI is InChI=1S/C18H24F3N3O3/c19-18(20,21)13-3-1-12(2-4-13)16(24-5-7-27-8-6-24)11-23-17(26)15-9-14(25)10-22-15/h1-4,14-16,22,25H,5-11H2,(H,23,26)/t14-,15-,16+/m0/s1. The lowest BCUT2D eigenvalue weighted by molar-refractivity contribution is -0.137. The summed E-state index contributed by atoms with van der Waals surface area (Å²) in [6.07, 6.45) is -4.56. The Balaban J connectivity index is 1.70. The second-order valence-corrected chi connectivity index (χ2v) is 6.88. The zero-order valence-corrected chi connectivity index (χ0v) is 14.8. The number of β-amino-alcohol motifs (C(OH)–C–C–N with tert-alkyl or cyclic N) is 1. The molecule has 1 aromatic rings. The van der Waals surface area contributed by atoms with Gasteiger partial charge in [-0.15, -0.1) is 0 Å². The molecule has 0 saturated carbocycles. The van der Waals surface area contributed by atoms with E-state index in [0.717, 1.165) is 12.1 Å². The Hall–Kier alpha value is -1.68. The first-order valence-electron chi connectivity index (χ1n) is 9.02. The minimum atomic E-state index is -4.38. The first-order valence-corrected chi connectivity index (χ1v) is 9.02. The number of morpholine rings is 1. The Morgan fingerprint density at radius 1 is 1.30 bits per heavy atom. The van der Waals surface area contributed by atoms with Crippen LogP contribution in [-0.2, 0) is 15.7 Å². The van der Waals surface area contributed by atoms with E-state index in [2.05, 4.69) is 15.5 Å². The number of nitrogens with zero attached hydrogens (tertiary/aromatic N) is 1. The van der Waals surface area contributed by atoms with Gasteiger partial charge in [-0.1, -0.05) is 12.1 Å². The number of nitrogens with one attached hydrogen (secondary N) is 2. The topological polar surface area (TPSA) is 73.8 Å². The van der Waals surface area contributed by atoms with Crippen molar-refractivity contribution >= 4 is 5.91 Å². The quantitative estimate of drug-likeness (QED) is 0.701. The monoisotopic (exact) mass is 387 g/mol. The number of benzene rings is 1. The fourth-order valence-corrected chi connectivity index (χ4v) is 3.48. The highest BCUT2D eigenvalue weighted by Crippen LogP contribution is 2.31. The molecule has 3 atom stereocenters. The molecule has 0 unspecified atom stereocenters. The molecule has 2 heterocycles. The lowest BCUT2D eigenvalue weighted by atomic mass is 10.0. The number of aliphatic hydroxyl groups is 1. The molecule has 2 saturated heterocycles. The van der Waals surface area contributed by atoms with Gasteiger partial charge in [0.1, 0.15) is 0 Å². The molecule has 0 spiro atoms. The van der Waals surface area contributed by atoms with Crippen molar-refractivity contribution in [1.29, 1.82) is 0 Å². The van der Waals surface area contributed by atoms with Gasteiger partial charge in [0.25, 0.3) is 0 Å². The highest BCUT2D eigenvalue weighted by molar-refractivity contribution is 5.82. The molecule has 9 heteroatoms. The maximum atomic E-state index is 12.8. The van der Waals surface area contributed by atoms with Crippen molar-refractivity contribution in [1.82, 2.24) is 15.5 Å². The summed E-state index contributed by atoms with van der Waals surface area (Å²) < 4.78 is 43.8. The summed E-state index contributed by atoms with van der Waals surface area (Å²) >= 11 is 0. The van der Waals surface area contributed by atoms with Crippen LogP contribution in [0.1, 0.15) is 23.6 Å². The zero-order chi connectivity index (χ0) is 19.4. The van der Waals surface area contributed by atoms with E-state index in [0.29, 0.717) is 44.8 Å². The highest BCUT2D eigenvalue weighted by Gasteiger charge is 2.32. The number of alkyl halides is 3. The van der Waals surface area contributed by atoms with Crippen LogP contribution in [0.15, 0.2) is 24.3 Å². The van der Waals surface area contributed by atoms with Crippen LogP contribution in [0.2, 0.25) is 0 Å². The number of ether oxygens (including phenoxy) is 1. The van der Waals surface area contributed by atoms with Gasteiger partial charge in [-0.3, -0.25) is 9.69 Å². The van der Waals surface area contributed by atoms with Crippen LogP contribution in [-0.4, -0.2) is 67.5 Å². The van der Waals surface area contributed by atoms with Crippen molar-refractivity contribution in [2.24, 2.45) is 0 Å². The van der Waals surface area contributed by atoms with Gasteiger partial charge in [-0.05, 0) is 24.1 Å².